The highest BCUT2D eigenvalue weighted by molar-refractivity contribution is 6.42. The number of likely N-dealkylation sites (N-methyl/N-ethyl adjacent to an activating group) is 1. The van der Waals surface area contributed by atoms with Crippen molar-refractivity contribution in [3.63, 3.8) is 0 Å². The Labute approximate surface area is 271 Å². The molecular formula is C33H44Cl3N3O4. The molecule has 0 aromatic heterocycles. The van der Waals surface area contributed by atoms with Gasteiger partial charge in [-0.2, -0.15) is 0 Å². The summed E-state index contributed by atoms with van der Waals surface area (Å²) in [7, 11) is 1.69. The lowest BCUT2D eigenvalue weighted by atomic mass is 9.67. The average molecular weight is 653 g/mol. The molecule has 7 nitrogen and oxygen atoms in total. The molecule has 1 aliphatic heterocycles. The van der Waals surface area contributed by atoms with Crippen molar-refractivity contribution in [3.8, 4) is 0 Å². The largest absolute Gasteiger partial charge is 0.450 e. The Kier molecular flexibility index (Phi) is 14.1. The molecule has 1 aliphatic carbocycles. The number of ether oxygens (including phenoxy) is 1. The van der Waals surface area contributed by atoms with E-state index in [2.05, 4.69) is 28.5 Å². The summed E-state index contributed by atoms with van der Waals surface area (Å²) in [5, 5.41) is 7.09. The second kappa shape index (κ2) is 16.5. The highest BCUT2D eigenvalue weighted by Gasteiger charge is 2.51. The van der Waals surface area contributed by atoms with Gasteiger partial charge in [-0.3, -0.25) is 9.69 Å². The third-order valence-corrected chi connectivity index (χ3v) is 8.89. The lowest BCUT2D eigenvalue weighted by molar-refractivity contribution is -0.129. The standard InChI is InChI=1S/C33H41Cl2N3O3.ClH.H2O/c1-4-12-26(25-15-16-28(34)29(35)21-25)27-23-32(37-31(40)41-5-2,22-24-13-8-6-9-14-24)17-18-33(27,30(39)36-3)38-19-10-7-11-20-38;;/h6,8-9,13-18,21,23,26H,4-5,7,10-12,19-20,22H2,1-3H3,(H,36,39)(H,37,40);1H;1H2. The average Bonchev–Trinajstić information content (AvgIpc) is 2.98. The maximum Gasteiger partial charge on any atom is 0.408 e. The van der Waals surface area contributed by atoms with Crippen LogP contribution in [-0.4, -0.2) is 60.2 Å². The van der Waals surface area contributed by atoms with Crippen LogP contribution >= 0.6 is 35.6 Å². The van der Waals surface area contributed by atoms with E-state index in [-0.39, 0.29) is 36.3 Å². The molecule has 2 aromatic carbocycles. The number of hydrogen-bond donors (Lipinski definition) is 2. The van der Waals surface area contributed by atoms with Gasteiger partial charge in [-0.05, 0) is 68.1 Å². The van der Waals surface area contributed by atoms with Crippen molar-refractivity contribution in [3.05, 3.63) is 93.5 Å². The first kappa shape index (κ1) is 36.6. The van der Waals surface area contributed by atoms with Gasteiger partial charge in [0.25, 0.3) is 0 Å². The van der Waals surface area contributed by atoms with E-state index in [9.17, 15) is 9.59 Å². The molecule has 1 fully saturated rings. The topological polar surface area (TPSA) is 102 Å². The minimum absolute atomic E-state index is 0. The van der Waals surface area contributed by atoms with E-state index < -0.39 is 17.2 Å². The minimum Gasteiger partial charge on any atom is -0.450 e. The molecule has 0 saturated carbocycles. The molecule has 0 spiro atoms. The second-order valence-corrected chi connectivity index (χ2v) is 11.7. The Morgan fingerprint density at radius 3 is 2.30 bits per heavy atom. The number of likely N-dealkylation sites (tertiary alicyclic amines) is 1. The van der Waals surface area contributed by atoms with E-state index in [4.69, 9.17) is 27.9 Å². The molecule has 4 N–H and O–H groups in total. The first-order valence-corrected chi connectivity index (χ1v) is 15.4. The Bertz CT molecular complexity index is 1280. The number of halogens is 3. The quantitative estimate of drug-likeness (QED) is 0.280. The molecule has 3 atom stereocenters. The van der Waals surface area contributed by atoms with Crippen molar-refractivity contribution in [1.29, 1.82) is 0 Å². The van der Waals surface area contributed by atoms with Crippen LogP contribution in [0.15, 0.2) is 72.3 Å². The van der Waals surface area contributed by atoms with Gasteiger partial charge in [0.2, 0.25) is 5.91 Å². The van der Waals surface area contributed by atoms with Crippen LogP contribution in [0.5, 0.6) is 0 Å². The van der Waals surface area contributed by atoms with Crippen LogP contribution in [0.25, 0.3) is 0 Å². The van der Waals surface area contributed by atoms with Crippen LogP contribution in [0.1, 0.15) is 63.0 Å². The molecule has 2 aromatic rings. The first-order chi connectivity index (χ1) is 19.8. The Balaban J connectivity index is 0.00000323. The lowest BCUT2D eigenvalue weighted by Gasteiger charge is -2.50. The summed E-state index contributed by atoms with van der Waals surface area (Å²) in [6, 6.07) is 15.8. The fourth-order valence-electron chi connectivity index (χ4n) is 6.29. The van der Waals surface area contributed by atoms with E-state index in [1.807, 2.05) is 60.7 Å². The third kappa shape index (κ3) is 8.14. The molecule has 10 heteroatoms. The summed E-state index contributed by atoms with van der Waals surface area (Å²) >= 11 is 12.9. The number of nitrogens with one attached hydrogen (secondary N) is 2. The molecule has 236 valence electrons. The molecule has 2 aliphatic rings. The summed E-state index contributed by atoms with van der Waals surface area (Å²) in [4.78, 5) is 29.4. The molecule has 0 radical (unpaired) electrons. The first-order valence-electron chi connectivity index (χ1n) is 14.6. The highest BCUT2D eigenvalue weighted by atomic mass is 35.5. The summed E-state index contributed by atoms with van der Waals surface area (Å²) in [5.41, 5.74) is 1.01. The molecule has 1 saturated heterocycles. The van der Waals surface area contributed by atoms with Crippen LogP contribution in [0.2, 0.25) is 10.0 Å². The number of piperidine rings is 1. The zero-order valence-corrected chi connectivity index (χ0v) is 27.5. The number of carbonyl (C=O) groups is 2. The predicted octanol–water partition coefficient (Wildman–Crippen LogP) is 6.67. The molecule has 43 heavy (non-hydrogen) atoms. The summed E-state index contributed by atoms with van der Waals surface area (Å²) in [6.45, 7) is 5.78. The summed E-state index contributed by atoms with van der Waals surface area (Å²) in [5.74, 6) is -0.245. The van der Waals surface area contributed by atoms with Gasteiger partial charge in [0.15, 0.2) is 0 Å². The fraction of sp³-hybridized carbons (Fsp3) is 0.455. The monoisotopic (exact) mass is 651 g/mol. The van der Waals surface area contributed by atoms with Gasteiger partial charge in [0, 0.05) is 19.4 Å². The summed E-state index contributed by atoms with van der Waals surface area (Å²) in [6.07, 6.45) is 10.9. The van der Waals surface area contributed by atoms with Gasteiger partial charge < -0.3 is 20.8 Å². The smallest absolute Gasteiger partial charge is 0.408 e. The maximum atomic E-state index is 14.1. The zero-order valence-electron chi connectivity index (χ0n) is 25.1. The van der Waals surface area contributed by atoms with Crippen LogP contribution in [0.4, 0.5) is 4.79 Å². The van der Waals surface area contributed by atoms with Crippen LogP contribution in [0.3, 0.4) is 0 Å². The van der Waals surface area contributed by atoms with Crippen molar-refractivity contribution < 1.29 is 19.8 Å². The number of nitrogens with zero attached hydrogens (tertiary/aromatic N) is 1. The summed E-state index contributed by atoms with van der Waals surface area (Å²) < 4.78 is 5.37. The van der Waals surface area contributed by atoms with E-state index in [1.54, 1.807) is 14.0 Å². The lowest BCUT2D eigenvalue weighted by Crippen LogP contribution is -2.63. The van der Waals surface area contributed by atoms with E-state index in [0.717, 1.165) is 61.9 Å². The van der Waals surface area contributed by atoms with Gasteiger partial charge in [-0.25, -0.2) is 4.79 Å². The van der Waals surface area contributed by atoms with Crippen LogP contribution in [-0.2, 0) is 16.0 Å². The Morgan fingerprint density at radius 1 is 1.00 bits per heavy atom. The maximum absolute atomic E-state index is 14.1. The van der Waals surface area contributed by atoms with Crippen molar-refractivity contribution in [2.24, 2.45) is 0 Å². The molecule has 1 heterocycles. The molecular weight excluding hydrogens is 609 g/mol. The van der Waals surface area contributed by atoms with E-state index in [0.29, 0.717) is 16.5 Å². The number of hydrogen-bond acceptors (Lipinski definition) is 4. The Hall–Kier alpha value is -2.55. The van der Waals surface area contributed by atoms with Gasteiger partial charge in [0.05, 0.1) is 22.2 Å². The number of carbonyl (C=O) groups excluding carboxylic acids is 2. The molecule has 4 rings (SSSR count). The van der Waals surface area contributed by atoms with E-state index >= 15 is 0 Å². The van der Waals surface area contributed by atoms with Crippen molar-refractivity contribution in [2.75, 3.05) is 26.7 Å². The van der Waals surface area contributed by atoms with Crippen molar-refractivity contribution in [1.82, 2.24) is 15.5 Å². The number of alkyl carbamates (subject to hydrolysis) is 1. The Morgan fingerprint density at radius 2 is 1.70 bits per heavy atom. The number of amides is 2. The van der Waals surface area contributed by atoms with Gasteiger partial charge >= 0.3 is 6.09 Å². The second-order valence-electron chi connectivity index (χ2n) is 10.9. The number of rotatable bonds is 10. The van der Waals surface area contributed by atoms with E-state index in [1.165, 1.54) is 0 Å². The normalized spacial score (nSPS) is 22.3. The van der Waals surface area contributed by atoms with Crippen LogP contribution < -0.4 is 10.6 Å². The molecule has 3 unspecified atom stereocenters. The molecule has 2 amide bonds. The highest BCUT2D eigenvalue weighted by Crippen LogP contribution is 2.46. The zero-order chi connectivity index (χ0) is 29.5. The van der Waals surface area contributed by atoms with Crippen LogP contribution in [0, 0.1) is 0 Å². The fourth-order valence-corrected chi connectivity index (χ4v) is 6.59. The van der Waals surface area contributed by atoms with Gasteiger partial charge in [-0.15, -0.1) is 12.4 Å². The van der Waals surface area contributed by atoms with Crippen molar-refractivity contribution in [2.45, 2.75) is 69.4 Å². The van der Waals surface area contributed by atoms with Crippen molar-refractivity contribution >= 4 is 47.6 Å². The van der Waals surface area contributed by atoms with Gasteiger partial charge in [0.1, 0.15) is 5.54 Å². The SMILES string of the molecule is CCCC(C1=CC(Cc2ccccc2)(NC(=O)OCC)C=CC1(C(=O)NC)N1CCCCC1)c1ccc(Cl)c(Cl)c1.Cl.O. The minimum atomic E-state index is -1.03. The molecule has 0 bridgehead atoms. The third-order valence-electron chi connectivity index (χ3n) is 8.15. The number of benzene rings is 2. The predicted molar refractivity (Wildman–Crippen MR) is 177 cm³/mol. The van der Waals surface area contributed by atoms with Gasteiger partial charge in [-0.1, -0.05) is 97.6 Å².